The molecule has 0 saturated carbocycles. The number of benzene rings is 2. The average Bonchev–Trinajstić information content (AvgIpc) is 3.35. The van der Waals surface area contributed by atoms with E-state index in [2.05, 4.69) is 69.0 Å². The van der Waals surface area contributed by atoms with Gasteiger partial charge in [0.05, 0.1) is 18.8 Å². The number of thiophene rings is 1. The van der Waals surface area contributed by atoms with Gasteiger partial charge in [-0.3, -0.25) is 9.69 Å². The molecule has 5 rings (SSSR count). The molecule has 33 heavy (non-hydrogen) atoms. The molecule has 3 heterocycles. The van der Waals surface area contributed by atoms with E-state index in [-0.39, 0.29) is 11.9 Å². The molecule has 1 aromatic heterocycles. The van der Waals surface area contributed by atoms with E-state index >= 15 is 0 Å². The predicted octanol–water partition coefficient (Wildman–Crippen LogP) is 3.90. The second-order valence-electron chi connectivity index (χ2n) is 8.76. The summed E-state index contributed by atoms with van der Waals surface area (Å²) in [4.78, 5) is 19.4. The zero-order chi connectivity index (χ0) is 22.5. The van der Waals surface area contributed by atoms with E-state index in [9.17, 15) is 4.79 Å². The third kappa shape index (κ3) is 5.20. The molecule has 2 fully saturated rings. The molecule has 0 spiro atoms. The molecular formula is C27H31N3O2S. The van der Waals surface area contributed by atoms with Crippen LogP contribution in [0.3, 0.4) is 0 Å². The fraction of sp³-hybridized carbons (Fsp3) is 0.370. The quantitative estimate of drug-likeness (QED) is 0.605. The van der Waals surface area contributed by atoms with E-state index in [1.165, 1.54) is 16.7 Å². The third-order valence-electron chi connectivity index (χ3n) is 6.58. The van der Waals surface area contributed by atoms with E-state index in [0.717, 1.165) is 69.3 Å². The Hall–Kier alpha value is -2.51. The summed E-state index contributed by atoms with van der Waals surface area (Å²) in [5.74, 6) is 0.148. The second-order valence-corrected chi connectivity index (χ2v) is 9.67. The minimum absolute atomic E-state index is 0.148. The van der Waals surface area contributed by atoms with E-state index in [1.807, 2.05) is 12.1 Å². The Morgan fingerprint density at radius 3 is 2.64 bits per heavy atom. The van der Waals surface area contributed by atoms with Gasteiger partial charge in [0.1, 0.15) is 0 Å². The molecule has 0 bridgehead atoms. The molecular weight excluding hydrogens is 430 g/mol. The molecule has 0 aliphatic carbocycles. The molecule has 2 aliphatic rings. The fourth-order valence-corrected chi connectivity index (χ4v) is 5.77. The summed E-state index contributed by atoms with van der Waals surface area (Å²) in [5.41, 5.74) is 4.55. The zero-order valence-corrected chi connectivity index (χ0v) is 19.7. The Bertz CT molecular complexity index is 1060. The number of amides is 1. The lowest BCUT2D eigenvalue weighted by molar-refractivity contribution is 0.0342. The van der Waals surface area contributed by atoms with Gasteiger partial charge in [-0.15, -0.1) is 11.3 Å². The lowest BCUT2D eigenvalue weighted by atomic mass is 9.99. The Balaban J connectivity index is 1.39. The van der Waals surface area contributed by atoms with E-state index < -0.39 is 0 Å². The summed E-state index contributed by atoms with van der Waals surface area (Å²) in [5, 5.41) is 5.54. The first-order valence-corrected chi connectivity index (χ1v) is 12.7. The van der Waals surface area contributed by atoms with Crippen molar-refractivity contribution in [3.8, 4) is 10.4 Å². The molecule has 2 aromatic carbocycles. The van der Waals surface area contributed by atoms with Gasteiger partial charge in [0.25, 0.3) is 5.91 Å². The fourth-order valence-electron chi connectivity index (χ4n) is 4.82. The molecule has 1 N–H and O–H groups in total. The highest BCUT2D eigenvalue weighted by atomic mass is 32.1. The maximum atomic E-state index is 13.8. The normalized spacial score (nSPS) is 19.5. The van der Waals surface area contributed by atoms with Crippen molar-refractivity contribution < 1.29 is 9.53 Å². The van der Waals surface area contributed by atoms with E-state index in [1.54, 1.807) is 11.3 Å². The zero-order valence-electron chi connectivity index (χ0n) is 18.9. The molecule has 1 atom stereocenters. The first-order valence-electron chi connectivity index (χ1n) is 11.8. The SMILES string of the molecule is O=C(c1ccsc1-c1ccccc1CN1CCOCC1)N1CCNC[C@H]1Cc1ccccc1. The number of morpholine rings is 1. The van der Waals surface area contributed by atoms with Crippen LogP contribution in [-0.2, 0) is 17.7 Å². The molecule has 0 unspecified atom stereocenters. The monoisotopic (exact) mass is 461 g/mol. The number of nitrogens with zero attached hydrogens (tertiary/aromatic N) is 2. The number of hydrogen-bond acceptors (Lipinski definition) is 5. The Labute approximate surface area is 200 Å². The highest BCUT2D eigenvalue weighted by molar-refractivity contribution is 7.14. The summed E-state index contributed by atoms with van der Waals surface area (Å²) in [6.07, 6.45) is 0.868. The van der Waals surface area contributed by atoms with Gasteiger partial charge < -0.3 is 15.0 Å². The van der Waals surface area contributed by atoms with Gasteiger partial charge in [-0.1, -0.05) is 54.6 Å². The largest absolute Gasteiger partial charge is 0.379 e. The van der Waals surface area contributed by atoms with Crippen molar-refractivity contribution in [1.82, 2.24) is 15.1 Å². The number of nitrogens with one attached hydrogen (secondary N) is 1. The maximum Gasteiger partial charge on any atom is 0.255 e. The molecule has 2 aliphatic heterocycles. The topological polar surface area (TPSA) is 44.8 Å². The predicted molar refractivity (Wildman–Crippen MR) is 134 cm³/mol. The first kappa shape index (κ1) is 22.3. The van der Waals surface area contributed by atoms with E-state index in [4.69, 9.17) is 4.74 Å². The van der Waals surface area contributed by atoms with Crippen LogP contribution in [0.1, 0.15) is 21.5 Å². The van der Waals surface area contributed by atoms with Gasteiger partial charge in [0.2, 0.25) is 0 Å². The Morgan fingerprint density at radius 1 is 1.00 bits per heavy atom. The molecule has 172 valence electrons. The van der Waals surface area contributed by atoms with Crippen LogP contribution in [0.4, 0.5) is 0 Å². The van der Waals surface area contributed by atoms with Gasteiger partial charge in [0, 0.05) is 50.2 Å². The maximum absolute atomic E-state index is 13.8. The van der Waals surface area contributed by atoms with Crippen molar-refractivity contribution in [3.05, 3.63) is 82.7 Å². The van der Waals surface area contributed by atoms with Crippen LogP contribution in [0, 0.1) is 0 Å². The van der Waals surface area contributed by atoms with Gasteiger partial charge in [-0.05, 0) is 34.6 Å². The highest BCUT2D eigenvalue weighted by Gasteiger charge is 2.30. The average molecular weight is 462 g/mol. The number of ether oxygens (including phenoxy) is 1. The second kappa shape index (κ2) is 10.6. The minimum Gasteiger partial charge on any atom is -0.379 e. The molecule has 1 amide bonds. The van der Waals surface area contributed by atoms with Crippen LogP contribution in [0.25, 0.3) is 10.4 Å². The van der Waals surface area contributed by atoms with Crippen LogP contribution < -0.4 is 5.32 Å². The highest BCUT2D eigenvalue weighted by Crippen LogP contribution is 2.34. The first-order chi connectivity index (χ1) is 16.3. The van der Waals surface area contributed by atoms with Gasteiger partial charge in [-0.2, -0.15) is 0 Å². The summed E-state index contributed by atoms with van der Waals surface area (Å²) in [6.45, 7) is 6.76. The minimum atomic E-state index is 0.148. The van der Waals surface area contributed by atoms with Crippen LogP contribution in [0.15, 0.2) is 66.0 Å². The standard InChI is InChI=1S/C27H31N3O2S/c31-27(30-12-11-28-19-23(30)18-21-6-2-1-3-7-21)25-10-17-33-26(25)24-9-5-4-8-22(24)20-29-13-15-32-16-14-29/h1-10,17,23,28H,11-16,18-20H2/t23-/m1/s1. The van der Waals surface area contributed by atoms with Crippen molar-refractivity contribution in [1.29, 1.82) is 0 Å². The van der Waals surface area contributed by atoms with Crippen molar-refractivity contribution in [3.63, 3.8) is 0 Å². The summed E-state index contributed by atoms with van der Waals surface area (Å²) in [6, 6.07) is 21.2. The van der Waals surface area contributed by atoms with E-state index in [0.29, 0.717) is 0 Å². The van der Waals surface area contributed by atoms with Gasteiger partial charge in [0.15, 0.2) is 0 Å². The third-order valence-corrected chi connectivity index (χ3v) is 7.53. The van der Waals surface area contributed by atoms with Gasteiger partial charge in [-0.25, -0.2) is 0 Å². The summed E-state index contributed by atoms with van der Waals surface area (Å²) in [7, 11) is 0. The molecule has 6 heteroatoms. The van der Waals surface area contributed by atoms with Crippen LogP contribution in [0.2, 0.25) is 0 Å². The van der Waals surface area contributed by atoms with Crippen molar-refractivity contribution in [2.24, 2.45) is 0 Å². The number of rotatable bonds is 6. The Kier molecular flexibility index (Phi) is 7.17. The molecule has 3 aromatic rings. The number of hydrogen-bond donors (Lipinski definition) is 1. The number of piperazine rings is 1. The number of carbonyl (C=O) groups excluding carboxylic acids is 1. The van der Waals surface area contributed by atoms with Gasteiger partial charge >= 0.3 is 0 Å². The smallest absolute Gasteiger partial charge is 0.255 e. The molecule has 2 saturated heterocycles. The Morgan fingerprint density at radius 2 is 1.79 bits per heavy atom. The number of carbonyl (C=O) groups is 1. The summed E-state index contributed by atoms with van der Waals surface area (Å²) < 4.78 is 5.52. The van der Waals surface area contributed by atoms with Crippen molar-refractivity contribution >= 4 is 17.2 Å². The van der Waals surface area contributed by atoms with Crippen LogP contribution in [-0.4, -0.2) is 67.7 Å². The molecule has 5 nitrogen and oxygen atoms in total. The lowest BCUT2D eigenvalue weighted by Gasteiger charge is -2.36. The van der Waals surface area contributed by atoms with Crippen molar-refractivity contribution in [2.45, 2.75) is 19.0 Å². The van der Waals surface area contributed by atoms with Crippen LogP contribution >= 0.6 is 11.3 Å². The lowest BCUT2D eigenvalue weighted by Crippen LogP contribution is -2.54. The van der Waals surface area contributed by atoms with Crippen molar-refractivity contribution in [2.75, 3.05) is 45.9 Å². The van der Waals surface area contributed by atoms with Crippen LogP contribution in [0.5, 0.6) is 0 Å². The molecule has 0 radical (unpaired) electrons. The summed E-state index contributed by atoms with van der Waals surface area (Å²) >= 11 is 1.67.